The average molecular weight is 384 g/mol. The second-order valence-electron chi connectivity index (χ2n) is 7.33. The highest BCUT2D eigenvalue weighted by Gasteiger charge is 2.24. The molecule has 0 aliphatic carbocycles. The van der Waals surface area contributed by atoms with Gasteiger partial charge in [-0.15, -0.1) is 10.2 Å². The molecule has 1 aromatic heterocycles. The number of nitrogens with zero attached hydrogens (tertiary/aromatic N) is 5. The van der Waals surface area contributed by atoms with E-state index < -0.39 is 4.92 Å². The Morgan fingerprint density at radius 2 is 1.89 bits per heavy atom. The standard InChI is InChI=1S/C19H24N6O3/c26-19(20-13-18-22-21-17-6-2-1-3-11-24(17)18)14-7-8-15(16(12-14)25(27)28)23-9-4-5-10-23/h7-8,12H,1-6,9-11,13H2,(H,20,26). The highest BCUT2D eigenvalue weighted by atomic mass is 16.6. The number of aryl methyl sites for hydroxylation is 1. The van der Waals surface area contributed by atoms with E-state index in [1.165, 1.54) is 12.5 Å². The molecule has 1 fully saturated rings. The van der Waals surface area contributed by atoms with Crippen molar-refractivity contribution in [2.45, 2.75) is 51.6 Å². The molecule has 0 bridgehead atoms. The van der Waals surface area contributed by atoms with E-state index in [4.69, 9.17) is 0 Å². The summed E-state index contributed by atoms with van der Waals surface area (Å²) in [6, 6.07) is 4.70. The summed E-state index contributed by atoms with van der Waals surface area (Å²) in [6.07, 6.45) is 6.32. The summed E-state index contributed by atoms with van der Waals surface area (Å²) in [5.74, 6) is 1.35. The summed E-state index contributed by atoms with van der Waals surface area (Å²) in [5, 5.41) is 22.8. The van der Waals surface area contributed by atoms with Crippen LogP contribution in [0.2, 0.25) is 0 Å². The molecule has 148 valence electrons. The Bertz CT molecular complexity index is 888. The first-order valence-electron chi connectivity index (χ1n) is 9.86. The fourth-order valence-corrected chi connectivity index (χ4v) is 3.97. The van der Waals surface area contributed by atoms with Crippen LogP contribution in [-0.4, -0.2) is 38.7 Å². The second kappa shape index (κ2) is 7.95. The number of carbonyl (C=O) groups excluding carboxylic acids is 1. The molecular weight excluding hydrogens is 360 g/mol. The number of hydrogen-bond donors (Lipinski definition) is 1. The fourth-order valence-electron chi connectivity index (χ4n) is 3.97. The Labute approximate surface area is 162 Å². The second-order valence-corrected chi connectivity index (χ2v) is 7.33. The minimum atomic E-state index is -0.414. The number of rotatable bonds is 5. The van der Waals surface area contributed by atoms with Crippen LogP contribution >= 0.6 is 0 Å². The third-order valence-electron chi connectivity index (χ3n) is 5.47. The van der Waals surface area contributed by atoms with Crippen LogP contribution in [0, 0.1) is 10.1 Å². The van der Waals surface area contributed by atoms with E-state index >= 15 is 0 Å². The lowest BCUT2D eigenvalue weighted by Crippen LogP contribution is -2.25. The molecule has 9 heteroatoms. The molecule has 2 aromatic rings. The van der Waals surface area contributed by atoms with Gasteiger partial charge in [0.05, 0.1) is 11.5 Å². The van der Waals surface area contributed by atoms with Crippen molar-refractivity contribution in [2.75, 3.05) is 18.0 Å². The molecule has 1 saturated heterocycles. The van der Waals surface area contributed by atoms with Crippen molar-refractivity contribution in [3.05, 3.63) is 45.5 Å². The number of aromatic nitrogens is 3. The Morgan fingerprint density at radius 3 is 2.68 bits per heavy atom. The van der Waals surface area contributed by atoms with Gasteiger partial charge in [0.1, 0.15) is 11.5 Å². The number of benzene rings is 1. The van der Waals surface area contributed by atoms with Gasteiger partial charge in [-0.1, -0.05) is 6.42 Å². The van der Waals surface area contributed by atoms with Crippen molar-refractivity contribution in [1.82, 2.24) is 20.1 Å². The SMILES string of the molecule is O=C(NCc1nnc2n1CCCCC2)c1ccc(N2CCCC2)c([N+](=O)[O-])c1. The van der Waals surface area contributed by atoms with Gasteiger partial charge in [0.15, 0.2) is 5.82 Å². The molecule has 2 aliphatic rings. The van der Waals surface area contributed by atoms with E-state index in [2.05, 4.69) is 20.1 Å². The minimum Gasteiger partial charge on any atom is -0.366 e. The zero-order valence-electron chi connectivity index (χ0n) is 15.8. The molecule has 28 heavy (non-hydrogen) atoms. The summed E-state index contributed by atoms with van der Waals surface area (Å²) in [5.41, 5.74) is 0.845. The van der Waals surface area contributed by atoms with Crippen LogP contribution in [0.15, 0.2) is 18.2 Å². The summed E-state index contributed by atoms with van der Waals surface area (Å²) in [7, 11) is 0. The lowest BCUT2D eigenvalue weighted by molar-refractivity contribution is -0.384. The number of nitro benzene ring substituents is 1. The smallest absolute Gasteiger partial charge is 0.293 e. The van der Waals surface area contributed by atoms with Gasteiger partial charge in [-0.2, -0.15) is 0 Å². The van der Waals surface area contributed by atoms with Gasteiger partial charge >= 0.3 is 0 Å². The van der Waals surface area contributed by atoms with E-state index in [1.807, 2.05) is 4.90 Å². The Balaban J connectivity index is 1.48. The summed E-state index contributed by atoms with van der Waals surface area (Å²) in [6.45, 7) is 2.74. The highest BCUT2D eigenvalue weighted by molar-refractivity contribution is 5.95. The van der Waals surface area contributed by atoms with Gasteiger partial charge in [0.2, 0.25) is 0 Å². The monoisotopic (exact) mass is 384 g/mol. The van der Waals surface area contributed by atoms with E-state index in [9.17, 15) is 14.9 Å². The number of nitro groups is 1. The fraction of sp³-hybridized carbons (Fsp3) is 0.526. The first-order valence-corrected chi connectivity index (χ1v) is 9.86. The topological polar surface area (TPSA) is 106 Å². The number of nitrogens with one attached hydrogen (secondary N) is 1. The summed E-state index contributed by atoms with van der Waals surface area (Å²) < 4.78 is 2.08. The van der Waals surface area contributed by atoms with E-state index in [0.29, 0.717) is 5.69 Å². The molecule has 0 atom stereocenters. The third kappa shape index (κ3) is 3.69. The average Bonchev–Trinajstić information content (AvgIpc) is 3.31. The third-order valence-corrected chi connectivity index (χ3v) is 5.47. The van der Waals surface area contributed by atoms with Crippen molar-refractivity contribution in [2.24, 2.45) is 0 Å². The maximum absolute atomic E-state index is 12.6. The molecule has 4 rings (SSSR count). The van der Waals surface area contributed by atoms with Crippen molar-refractivity contribution >= 4 is 17.3 Å². The van der Waals surface area contributed by atoms with Gasteiger partial charge in [-0.25, -0.2) is 0 Å². The Hall–Kier alpha value is -2.97. The van der Waals surface area contributed by atoms with Crippen molar-refractivity contribution < 1.29 is 9.72 Å². The number of hydrogen-bond acceptors (Lipinski definition) is 6. The van der Waals surface area contributed by atoms with Crippen LogP contribution in [0.25, 0.3) is 0 Å². The van der Waals surface area contributed by atoms with Crippen molar-refractivity contribution in [1.29, 1.82) is 0 Å². The van der Waals surface area contributed by atoms with Gasteiger partial charge in [-0.05, 0) is 37.8 Å². The quantitative estimate of drug-likeness (QED) is 0.627. The molecule has 0 unspecified atom stereocenters. The normalized spacial score (nSPS) is 16.5. The zero-order chi connectivity index (χ0) is 19.5. The van der Waals surface area contributed by atoms with Gasteiger partial charge in [0, 0.05) is 37.7 Å². The first kappa shape index (κ1) is 18.4. The summed E-state index contributed by atoms with van der Waals surface area (Å²) in [4.78, 5) is 25.7. The van der Waals surface area contributed by atoms with Crippen LogP contribution in [0.1, 0.15) is 54.1 Å². The van der Waals surface area contributed by atoms with Gasteiger partial charge < -0.3 is 14.8 Å². The van der Waals surface area contributed by atoms with Crippen LogP contribution in [0.4, 0.5) is 11.4 Å². The van der Waals surface area contributed by atoms with Crippen molar-refractivity contribution in [3.8, 4) is 0 Å². The van der Waals surface area contributed by atoms with Crippen LogP contribution in [0.3, 0.4) is 0 Å². The van der Waals surface area contributed by atoms with Crippen LogP contribution in [0.5, 0.6) is 0 Å². The van der Waals surface area contributed by atoms with Gasteiger partial charge in [-0.3, -0.25) is 14.9 Å². The summed E-state index contributed by atoms with van der Waals surface area (Å²) >= 11 is 0. The maximum atomic E-state index is 12.6. The van der Waals surface area contributed by atoms with Crippen molar-refractivity contribution in [3.63, 3.8) is 0 Å². The molecule has 3 heterocycles. The first-order chi connectivity index (χ1) is 13.6. The maximum Gasteiger partial charge on any atom is 0.293 e. The molecule has 1 N–H and O–H groups in total. The molecule has 9 nitrogen and oxygen atoms in total. The Morgan fingerprint density at radius 1 is 1.11 bits per heavy atom. The van der Waals surface area contributed by atoms with Crippen LogP contribution < -0.4 is 10.2 Å². The van der Waals surface area contributed by atoms with E-state index in [-0.39, 0.29) is 23.7 Å². The van der Waals surface area contributed by atoms with Crippen LogP contribution in [-0.2, 0) is 19.5 Å². The number of fused-ring (bicyclic) bond motifs is 1. The largest absolute Gasteiger partial charge is 0.366 e. The molecule has 2 aliphatic heterocycles. The molecule has 0 radical (unpaired) electrons. The molecule has 0 saturated carbocycles. The molecule has 1 aromatic carbocycles. The minimum absolute atomic E-state index is 0.0223. The Kier molecular flexibility index (Phi) is 5.23. The lowest BCUT2D eigenvalue weighted by Gasteiger charge is -2.17. The van der Waals surface area contributed by atoms with Gasteiger partial charge in [0.25, 0.3) is 11.6 Å². The number of anilines is 1. The number of amides is 1. The predicted molar refractivity (Wildman–Crippen MR) is 103 cm³/mol. The molecule has 1 amide bonds. The van der Waals surface area contributed by atoms with E-state index in [0.717, 1.165) is 63.4 Å². The number of carbonyl (C=O) groups is 1. The van der Waals surface area contributed by atoms with E-state index in [1.54, 1.807) is 12.1 Å². The lowest BCUT2D eigenvalue weighted by atomic mass is 10.1. The zero-order valence-corrected chi connectivity index (χ0v) is 15.8. The predicted octanol–water partition coefficient (Wildman–Crippen LogP) is 2.44. The molecule has 0 spiro atoms. The highest BCUT2D eigenvalue weighted by Crippen LogP contribution is 2.31. The molecular formula is C19H24N6O3.